The van der Waals surface area contributed by atoms with Gasteiger partial charge in [0.05, 0.1) is 23.0 Å². The molecule has 1 N–H and O–H groups in total. The number of hydrogen-bond donors (Lipinski definition) is 1. The third kappa shape index (κ3) is 4.92. The Morgan fingerprint density at radius 2 is 1.67 bits per heavy atom. The average molecular weight is 383 g/mol. The van der Waals surface area contributed by atoms with Crippen LogP contribution < -0.4 is 9.47 Å². The van der Waals surface area contributed by atoms with E-state index < -0.39 is 4.92 Å². The van der Waals surface area contributed by atoms with Gasteiger partial charge in [0.2, 0.25) is 0 Å². The molecular formula is C20H17NO5S. The highest BCUT2D eigenvalue weighted by Crippen LogP contribution is 2.37. The lowest BCUT2D eigenvalue weighted by atomic mass is 10.2. The Bertz CT molecular complexity index is 926. The first kappa shape index (κ1) is 18.6. The molecule has 0 unspecified atom stereocenters. The van der Waals surface area contributed by atoms with E-state index in [-0.39, 0.29) is 11.4 Å². The summed E-state index contributed by atoms with van der Waals surface area (Å²) in [5.74, 6) is 1.33. The molecule has 0 aliphatic rings. The van der Waals surface area contributed by atoms with E-state index in [1.165, 1.54) is 17.8 Å². The standard InChI is InChI=1S/C20H17NO5S/c1-25-16-6-2-14(3-7-16)13-26-17-8-11-20(19(12-17)21(23)24)27-18-9-4-15(22)5-10-18/h2-12,22H,13H2,1H3. The molecule has 3 aromatic rings. The minimum atomic E-state index is -0.428. The number of ether oxygens (including phenoxy) is 2. The van der Waals surface area contributed by atoms with Crippen LogP contribution in [0.25, 0.3) is 0 Å². The van der Waals surface area contributed by atoms with E-state index in [0.29, 0.717) is 17.3 Å². The Kier molecular flexibility index (Phi) is 5.83. The van der Waals surface area contributed by atoms with Crippen LogP contribution in [0.15, 0.2) is 76.5 Å². The van der Waals surface area contributed by atoms with Gasteiger partial charge in [0.15, 0.2) is 0 Å². The second-order valence-electron chi connectivity index (χ2n) is 5.62. The maximum atomic E-state index is 11.4. The summed E-state index contributed by atoms with van der Waals surface area (Å²) < 4.78 is 10.8. The number of rotatable bonds is 7. The monoisotopic (exact) mass is 383 g/mol. The van der Waals surface area contributed by atoms with Gasteiger partial charge in [-0.2, -0.15) is 0 Å². The van der Waals surface area contributed by atoms with E-state index in [1.807, 2.05) is 24.3 Å². The molecule has 0 saturated carbocycles. The Morgan fingerprint density at radius 3 is 2.30 bits per heavy atom. The van der Waals surface area contributed by atoms with E-state index in [1.54, 1.807) is 43.5 Å². The Morgan fingerprint density at radius 1 is 1.00 bits per heavy atom. The summed E-state index contributed by atoms with van der Waals surface area (Å²) in [5.41, 5.74) is 0.904. The zero-order valence-corrected chi connectivity index (χ0v) is 15.3. The molecule has 27 heavy (non-hydrogen) atoms. The van der Waals surface area contributed by atoms with Gasteiger partial charge in [-0.1, -0.05) is 23.9 Å². The van der Waals surface area contributed by atoms with Crippen molar-refractivity contribution in [2.24, 2.45) is 0 Å². The fraction of sp³-hybridized carbons (Fsp3) is 0.100. The van der Waals surface area contributed by atoms with Crippen LogP contribution in [0.2, 0.25) is 0 Å². The smallest absolute Gasteiger partial charge is 0.286 e. The van der Waals surface area contributed by atoms with Gasteiger partial charge in [-0.15, -0.1) is 0 Å². The van der Waals surface area contributed by atoms with Crippen LogP contribution in [0.1, 0.15) is 5.56 Å². The zero-order chi connectivity index (χ0) is 19.2. The van der Waals surface area contributed by atoms with Crippen LogP contribution in [-0.4, -0.2) is 17.1 Å². The number of nitro groups is 1. The summed E-state index contributed by atoms with van der Waals surface area (Å²) in [6, 6.07) is 18.7. The number of benzene rings is 3. The molecule has 0 spiro atoms. The fourth-order valence-corrected chi connectivity index (χ4v) is 3.25. The number of phenolic OH excluding ortho intramolecular Hbond substituents is 1. The number of methoxy groups -OCH3 is 1. The molecule has 0 fully saturated rings. The zero-order valence-electron chi connectivity index (χ0n) is 14.5. The molecule has 0 aliphatic heterocycles. The van der Waals surface area contributed by atoms with Crippen molar-refractivity contribution < 1.29 is 19.5 Å². The van der Waals surface area contributed by atoms with Crippen LogP contribution in [0.3, 0.4) is 0 Å². The number of phenols is 1. The molecule has 0 aromatic heterocycles. The lowest BCUT2D eigenvalue weighted by molar-refractivity contribution is -0.387. The second-order valence-corrected chi connectivity index (χ2v) is 6.73. The normalized spacial score (nSPS) is 10.4. The third-order valence-electron chi connectivity index (χ3n) is 3.76. The first-order valence-electron chi connectivity index (χ1n) is 8.06. The summed E-state index contributed by atoms with van der Waals surface area (Å²) in [6.45, 7) is 0.297. The SMILES string of the molecule is COc1ccc(COc2ccc(Sc3ccc(O)cc3)c([N+](=O)[O-])c2)cc1. The molecule has 6 nitrogen and oxygen atoms in total. The Balaban J connectivity index is 1.74. The van der Waals surface area contributed by atoms with Crippen LogP contribution in [0, 0.1) is 10.1 Å². The largest absolute Gasteiger partial charge is 0.508 e. The molecule has 0 radical (unpaired) electrons. The average Bonchev–Trinajstić information content (AvgIpc) is 2.69. The lowest BCUT2D eigenvalue weighted by Gasteiger charge is -2.09. The maximum absolute atomic E-state index is 11.4. The van der Waals surface area contributed by atoms with Crippen molar-refractivity contribution in [2.45, 2.75) is 16.4 Å². The molecular weight excluding hydrogens is 366 g/mol. The van der Waals surface area contributed by atoms with E-state index in [4.69, 9.17) is 9.47 Å². The molecule has 0 bridgehead atoms. The summed E-state index contributed by atoms with van der Waals surface area (Å²) >= 11 is 1.26. The predicted octanol–water partition coefficient (Wildman–Crippen LogP) is 5.04. The van der Waals surface area contributed by atoms with Gasteiger partial charge in [0, 0.05) is 4.90 Å². The van der Waals surface area contributed by atoms with E-state index in [2.05, 4.69) is 0 Å². The number of hydrogen-bond acceptors (Lipinski definition) is 6. The minimum absolute atomic E-state index is 0.0275. The minimum Gasteiger partial charge on any atom is -0.508 e. The van der Waals surface area contributed by atoms with Gasteiger partial charge in [0.25, 0.3) is 5.69 Å². The van der Waals surface area contributed by atoms with Crippen molar-refractivity contribution >= 4 is 17.4 Å². The summed E-state index contributed by atoms with van der Waals surface area (Å²) in [7, 11) is 1.60. The van der Waals surface area contributed by atoms with Crippen LogP contribution >= 0.6 is 11.8 Å². The highest BCUT2D eigenvalue weighted by Gasteiger charge is 2.16. The Labute approximate surface area is 160 Å². The Hall–Kier alpha value is -3.19. The van der Waals surface area contributed by atoms with Gasteiger partial charge < -0.3 is 14.6 Å². The van der Waals surface area contributed by atoms with Gasteiger partial charge in [-0.05, 0) is 54.1 Å². The molecule has 7 heteroatoms. The van der Waals surface area contributed by atoms with Crippen molar-refractivity contribution in [3.05, 3.63) is 82.4 Å². The molecule has 0 amide bonds. The quantitative estimate of drug-likeness (QED) is 0.455. The van der Waals surface area contributed by atoms with Crippen LogP contribution in [0.4, 0.5) is 5.69 Å². The lowest BCUT2D eigenvalue weighted by Crippen LogP contribution is -1.97. The van der Waals surface area contributed by atoms with E-state index >= 15 is 0 Å². The van der Waals surface area contributed by atoms with Gasteiger partial charge in [0.1, 0.15) is 23.9 Å². The molecule has 3 aromatic carbocycles. The molecule has 3 rings (SSSR count). The van der Waals surface area contributed by atoms with Crippen molar-refractivity contribution in [3.8, 4) is 17.2 Å². The highest BCUT2D eigenvalue weighted by molar-refractivity contribution is 7.99. The fourth-order valence-electron chi connectivity index (χ4n) is 2.35. The summed E-state index contributed by atoms with van der Waals surface area (Å²) in [5, 5.41) is 20.8. The number of aromatic hydroxyl groups is 1. The first-order chi connectivity index (χ1) is 13.0. The van der Waals surface area contributed by atoms with Crippen molar-refractivity contribution in [1.29, 1.82) is 0 Å². The van der Waals surface area contributed by atoms with Crippen LogP contribution in [0.5, 0.6) is 17.2 Å². The van der Waals surface area contributed by atoms with Gasteiger partial charge >= 0.3 is 0 Å². The second kappa shape index (κ2) is 8.46. The summed E-state index contributed by atoms with van der Waals surface area (Å²) in [6.07, 6.45) is 0. The maximum Gasteiger partial charge on any atom is 0.286 e. The number of nitrogens with zero attached hydrogens (tertiary/aromatic N) is 1. The number of nitro benzene ring substituents is 1. The van der Waals surface area contributed by atoms with E-state index in [0.717, 1.165) is 16.2 Å². The van der Waals surface area contributed by atoms with Crippen molar-refractivity contribution in [2.75, 3.05) is 7.11 Å². The molecule has 0 atom stereocenters. The summed E-state index contributed by atoms with van der Waals surface area (Å²) in [4.78, 5) is 12.3. The molecule has 0 aliphatic carbocycles. The highest BCUT2D eigenvalue weighted by atomic mass is 32.2. The van der Waals surface area contributed by atoms with Gasteiger partial charge in [-0.3, -0.25) is 10.1 Å². The molecule has 138 valence electrons. The topological polar surface area (TPSA) is 81.8 Å². The predicted molar refractivity (Wildman–Crippen MR) is 103 cm³/mol. The molecule has 0 saturated heterocycles. The third-order valence-corrected chi connectivity index (χ3v) is 4.83. The van der Waals surface area contributed by atoms with Gasteiger partial charge in [-0.25, -0.2) is 0 Å². The van der Waals surface area contributed by atoms with E-state index in [9.17, 15) is 15.2 Å². The van der Waals surface area contributed by atoms with Crippen LogP contribution in [-0.2, 0) is 6.61 Å². The van der Waals surface area contributed by atoms with Crippen molar-refractivity contribution in [1.82, 2.24) is 0 Å². The molecule has 0 heterocycles. The van der Waals surface area contributed by atoms with Crippen molar-refractivity contribution in [3.63, 3.8) is 0 Å². The first-order valence-corrected chi connectivity index (χ1v) is 8.88.